The van der Waals surface area contributed by atoms with Crippen molar-refractivity contribution in [2.45, 2.75) is 22.7 Å². The number of halogens is 2. The first-order chi connectivity index (χ1) is 15.3. The molecule has 0 saturated carbocycles. The molecule has 0 unspecified atom stereocenters. The van der Waals surface area contributed by atoms with E-state index in [1.807, 2.05) is 0 Å². The van der Waals surface area contributed by atoms with E-state index in [2.05, 4.69) is 5.32 Å². The Balaban J connectivity index is 1.69. The number of imide groups is 1. The van der Waals surface area contributed by atoms with Gasteiger partial charge < -0.3 is 5.32 Å². The van der Waals surface area contributed by atoms with Gasteiger partial charge in [0.05, 0.1) is 11.4 Å². The summed E-state index contributed by atoms with van der Waals surface area (Å²) in [7, 11) is -4.73. The molecule has 164 valence electrons. The molecule has 3 aromatic rings. The topological polar surface area (TPSA) is 83.6 Å². The highest BCUT2D eigenvalue weighted by Gasteiger charge is 2.53. The van der Waals surface area contributed by atoms with Crippen LogP contribution < -0.4 is 5.32 Å². The number of amides is 3. The summed E-state index contributed by atoms with van der Waals surface area (Å²) in [5, 5.41) is 2.81. The fourth-order valence-electron chi connectivity index (χ4n) is 3.72. The summed E-state index contributed by atoms with van der Waals surface area (Å²) in [6.45, 7) is -0.152. The van der Waals surface area contributed by atoms with E-state index in [1.54, 1.807) is 60.7 Å². The SMILES string of the molecule is O=C1NC(c2ccccc2)(c2ccccc2)C(=O)N1Cc1ccc(S(=O)(=O)C(F)F)cc1. The Morgan fingerprint density at radius 3 is 1.78 bits per heavy atom. The van der Waals surface area contributed by atoms with E-state index in [9.17, 15) is 26.8 Å². The van der Waals surface area contributed by atoms with Crippen molar-refractivity contribution in [3.8, 4) is 0 Å². The maximum absolute atomic E-state index is 13.6. The van der Waals surface area contributed by atoms with Gasteiger partial charge in [0, 0.05) is 0 Å². The molecule has 32 heavy (non-hydrogen) atoms. The number of rotatable bonds is 6. The van der Waals surface area contributed by atoms with E-state index in [0.29, 0.717) is 16.7 Å². The van der Waals surface area contributed by atoms with Gasteiger partial charge in [-0.15, -0.1) is 0 Å². The molecule has 0 aliphatic carbocycles. The summed E-state index contributed by atoms with van der Waals surface area (Å²) in [5.74, 6) is -4.03. The Hall–Kier alpha value is -3.59. The van der Waals surface area contributed by atoms with Crippen LogP contribution in [0.1, 0.15) is 16.7 Å². The van der Waals surface area contributed by atoms with Crippen molar-refractivity contribution in [1.82, 2.24) is 10.2 Å². The normalized spacial score (nSPS) is 15.8. The molecule has 1 saturated heterocycles. The lowest BCUT2D eigenvalue weighted by Gasteiger charge is -2.28. The van der Waals surface area contributed by atoms with Crippen LogP contribution in [0, 0.1) is 0 Å². The van der Waals surface area contributed by atoms with Crippen LogP contribution in [0.15, 0.2) is 89.8 Å². The van der Waals surface area contributed by atoms with Crippen LogP contribution in [-0.4, -0.2) is 31.0 Å². The van der Waals surface area contributed by atoms with Crippen molar-refractivity contribution in [3.63, 3.8) is 0 Å². The Labute approximate surface area is 183 Å². The van der Waals surface area contributed by atoms with Crippen LogP contribution in [0.2, 0.25) is 0 Å². The average Bonchev–Trinajstić information content (AvgIpc) is 3.06. The number of urea groups is 1. The first kappa shape index (κ1) is 21.6. The molecule has 1 fully saturated rings. The van der Waals surface area contributed by atoms with Crippen molar-refractivity contribution >= 4 is 21.8 Å². The van der Waals surface area contributed by atoms with E-state index >= 15 is 0 Å². The van der Waals surface area contributed by atoms with Crippen LogP contribution in [0.25, 0.3) is 0 Å². The predicted molar refractivity (Wildman–Crippen MR) is 112 cm³/mol. The van der Waals surface area contributed by atoms with Crippen molar-refractivity contribution in [2.75, 3.05) is 0 Å². The first-order valence-corrected chi connectivity index (χ1v) is 11.2. The van der Waals surface area contributed by atoms with E-state index in [0.717, 1.165) is 17.0 Å². The third-order valence-corrected chi connectivity index (χ3v) is 6.74. The maximum Gasteiger partial charge on any atom is 0.341 e. The van der Waals surface area contributed by atoms with Crippen molar-refractivity contribution in [3.05, 3.63) is 102 Å². The van der Waals surface area contributed by atoms with Gasteiger partial charge in [0.15, 0.2) is 5.54 Å². The van der Waals surface area contributed by atoms with Gasteiger partial charge in [-0.3, -0.25) is 9.69 Å². The fourth-order valence-corrected chi connectivity index (χ4v) is 4.45. The van der Waals surface area contributed by atoms with Gasteiger partial charge in [-0.05, 0) is 28.8 Å². The van der Waals surface area contributed by atoms with Crippen LogP contribution in [0.5, 0.6) is 0 Å². The highest BCUT2D eigenvalue weighted by Crippen LogP contribution is 2.36. The second kappa shape index (κ2) is 8.16. The van der Waals surface area contributed by atoms with Crippen molar-refractivity contribution in [1.29, 1.82) is 0 Å². The van der Waals surface area contributed by atoms with Gasteiger partial charge in [0.1, 0.15) is 0 Å². The molecule has 1 aliphatic rings. The molecule has 1 aliphatic heterocycles. The molecule has 1 N–H and O–H groups in total. The van der Waals surface area contributed by atoms with Crippen LogP contribution in [0.4, 0.5) is 13.6 Å². The molecular weight excluding hydrogens is 438 g/mol. The van der Waals surface area contributed by atoms with Crippen LogP contribution in [0.3, 0.4) is 0 Å². The highest BCUT2D eigenvalue weighted by atomic mass is 32.2. The largest absolute Gasteiger partial charge is 0.341 e. The molecule has 3 aromatic carbocycles. The van der Waals surface area contributed by atoms with E-state index < -0.39 is 38.0 Å². The fraction of sp³-hybridized carbons (Fsp3) is 0.130. The van der Waals surface area contributed by atoms with Gasteiger partial charge in [0.25, 0.3) is 5.91 Å². The number of carbonyl (C=O) groups excluding carboxylic acids is 2. The lowest BCUT2D eigenvalue weighted by atomic mass is 9.82. The molecular formula is C23H18F2N2O4S. The number of benzene rings is 3. The van der Waals surface area contributed by atoms with E-state index in [4.69, 9.17) is 0 Å². The predicted octanol–water partition coefficient (Wildman–Crippen LogP) is 3.68. The van der Waals surface area contributed by atoms with Gasteiger partial charge in [-0.1, -0.05) is 72.8 Å². The molecule has 6 nitrogen and oxygen atoms in total. The summed E-state index contributed by atoms with van der Waals surface area (Å²) in [5.41, 5.74) is 0.174. The summed E-state index contributed by atoms with van der Waals surface area (Å²) in [4.78, 5) is 27.0. The van der Waals surface area contributed by atoms with Crippen molar-refractivity contribution in [2.24, 2.45) is 0 Å². The molecule has 0 aromatic heterocycles. The minimum atomic E-state index is -4.73. The van der Waals surface area contributed by atoms with Crippen LogP contribution in [-0.2, 0) is 26.7 Å². The number of hydrogen-bond donors (Lipinski definition) is 1. The molecule has 0 atom stereocenters. The third-order valence-electron chi connectivity index (χ3n) is 5.35. The number of sulfone groups is 1. The zero-order valence-corrected chi connectivity index (χ0v) is 17.4. The van der Waals surface area contributed by atoms with E-state index in [-0.39, 0.29) is 6.54 Å². The number of alkyl halides is 2. The Morgan fingerprint density at radius 1 is 0.812 bits per heavy atom. The lowest BCUT2D eigenvalue weighted by molar-refractivity contribution is -0.130. The molecule has 4 rings (SSSR count). The molecule has 9 heteroatoms. The number of nitrogens with zero attached hydrogens (tertiary/aromatic N) is 1. The smallest absolute Gasteiger partial charge is 0.315 e. The summed E-state index contributed by atoms with van der Waals surface area (Å²) in [6.07, 6.45) is 0. The second-order valence-electron chi connectivity index (χ2n) is 7.25. The monoisotopic (exact) mass is 456 g/mol. The number of carbonyl (C=O) groups is 2. The number of hydrogen-bond acceptors (Lipinski definition) is 4. The maximum atomic E-state index is 13.6. The first-order valence-electron chi connectivity index (χ1n) is 9.63. The highest BCUT2D eigenvalue weighted by molar-refractivity contribution is 7.91. The summed E-state index contributed by atoms with van der Waals surface area (Å²) in [6, 6.07) is 21.7. The van der Waals surface area contributed by atoms with Crippen molar-refractivity contribution < 1.29 is 26.8 Å². The molecule has 0 spiro atoms. The van der Waals surface area contributed by atoms with E-state index in [1.165, 1.54) is 12.1 Å². The average molecular weight is 456 g/mol. The minimum absolute atomic E-state index is 0.152. The van der Waals surface area contributed by atoms with Gasteiger partial charge in [0.2, 0.25) is 9.84 Å². The van der Waals surface area contributed by atoms with Gasteiger partial charge in [-0.25, -0.2) is 13.2 Å². The Morgan fingerprint density at radius 2 is 1.31 bits per heavy atom. The molecule has 3 amide bonds. The Bertz CT molecular complexity index is 1210. The summed E-state index contributed by atoms with van der Waals surface area (Å²) < 4.78 is 48.7. The molecule has 0 bridgehead atoms. The van der Waals surface area contributed by atoms with Crippen LogP contribution >= 0.6 is 0 Å². The zero-order chi connectivity index (χ0) is 22.9. The minimum Gasteiger partial charge on any atom is -0.315 e. The molecule has 0 radical (unpaired) electrons. The summed E-state index contributed by atoms with van der Waals surface area (Å²) >= 11 is 0. The molecule has 1 heterocycles. The standard InChI is InChI=1S/C23H18F2N2O4S/c24-21(25)32(30,31)19-13-11-16(12-14-19)15-27-20(28)23(26-22(27)29,17-7-3-1-4-8-17)18-9-5-2-6-10-18/h1-14,21H,15H2,(H,26,29). The quantitative estimate of drug-likeness (QED) is 0.574. The lowest BCUT2D eigenvalue weighted by Crippen LogP contribution is -2.45. The van der Waals surface area contributed by atoms with Gasteiger partial charge >= 0.3 is 11.8 Å². The Kier molecular flexibility index (Phi) is 5.52. The second-order valence-corrected chi connectivity index (χ2v) is 9.17. The number of nitrogens with one attached hydrogen (secondary N) is 1. The van der Waals surface area contributed by atoms with Gasteiger partial charge in [-0.2, -0.15) is 8.78 Å². The third kappa shape index (κ3) is 3.54. The zero-order valence-electron chi connectivity index (χ0n) is 16.6.